The molecule has 0 aliphatic carbocycles. The van der Waals surface area contributed by atoms with Crippen LogP contribution in [0.3, 0.4) is 0 Å². The normalized spacial score (nSPS) is 11.5. The van der Waals surface area contributed by atoms with Gasteiger partial charge in [-0.2, -0.15) is 13.2 Å². The van der Waals surface area contributed by atoms with Gasteiger partial charge in [0.05, 0.1) is 24.6 Å². The predicted octanol–water partition coefficient (Wildman–Crippen LogP) is 3.08. The molecular weight excluding hydrogens is 263 g/mol. The lowest BCUT2D eigenvalue weighted by Gasteiger charge is -2.22. The SMILES string of the molecule is O=C(c1ccoc1)N(Cc1ccco1)CC(F)(F)F. The summed E-state index contributed by atoms with van der Waals surface area (Å²) in [6, 6.07) is 4.36. The second kappa shape index (κ2) is 5.21. The van der Waals surface area contributed by atoms with Gasteiger partial charge in [-0.15, -0.1) is 0 Å². The van der Waals surface area contributed by atoms with E-state index in [-0.39, 0.29) is 17.9 Å². The molecule has 1 amide bonds. The molecule has 4 nitrogen and oxygen atoms in total. The van der Waals surface area contributed by atoms with Gasteiger partial charge in [-0.25, -0.2) is 0 Å². The first kappa shape index (κ1) is 13.3. The second-order valence-corrected chi connectivity index (χ2v) is 3.87. The maximum absolute atomic E-state index is 12.5. The highest BCUT2D eigenvalue weighted by molar-refractivity contribution is 5.93. The summed E-state index contributed by atoms with van der Waals surface area (Å²) in [6.45, 7) is -1.60. The molecule has 2 rings (SSSR count). The molecule has 0 spiro atoms. The number of rotatable bonds is 4. The van der Waals surface area contributed by atoms with E-state index in [1.54, 1.807) is 6.07 Å². The van der Waals surface area contributed by atoms with Crippen LogP contribution in [-0.4, -0.2) is 23.5 Å². The Morgan fingerprint density at radius 3 is 2.58 bits per heavy atom. The Labute approximate surface area is 106 Å². The summed E-state index contributed by atoms with van der Waals surface area (Å²) >= 11 is 0. The standard InChI is InChI=1S/C12H10F3NO3/c13-12(14,15)8-16(6-10-2-1-4-19-10)11(17)9-3-5-18-7-9/h1-5,7H,6,8H2. The van der Waals surface area contributed by atoms with E-state index in [0.29, 0.717) is 4.90 Å². The molecule has 2 aromatic heterocycles. The Morgan fingerprint density at radius 1 is 1.26 bits per heavy atom. The van der Waals surface area contributed by atoms with Crippen molar-refractivity contribution in [3.05, 3.63) is 48.3 Å². The molecule has 0 aliphatic rings. The maximum Gasteiger partial charge on any atom is 0.406 e. The van der Waals surface area contributed by atoms with Crippen molar-refractivity contribution in [2.24, 2.45) is 0 Å². The highest BCUT2D eigenvalue weighted by Gasteiger charge is 2.34. The Morgan fingerprint density at radius 2 is 2.05 bits per heavy atom. The fourth-order valence-corrected chi connectivity index (χ4v) is 1.58. The molecule has 19 heavy (non-hydrogen) atoms. The quantitative estimate of drug-likeness (QED) is 0.860. The third-order valence-corrected chi connectivity index (χ3v) is 2.35. The van der Waals surface area contributed by atoms with Crippen molar-refractivity contribution < 1.29 is 26.8 Å². The zero-order valence-electron chi connectivity index (χ0n) is 9.68. The molecule has 0 N–H and O–H groups in total. The van der Waals surface area contributed by atoms with E-state index in [1.807, 2.05) is 0 Å². The van der Waals surface area contributed by atoms with Crippen LogP contribution in [0.2, 0.25) is 0 Å². The number of nitrogens with zero attached hydrogens (tertiary/aromatic N) is 1. The number of furan rings is 2. The van der Waals surface area contributed by atoms with Crippen LogP contribution >= 0.6 is 0 Å². The van der Waals surface area contributed by atoms with Gasteiger partial charge in [0, 0.05) is 0 Å². The third-order valence-electron chi connectivity index (χ3n) is 2.35. The zero-order chi connectivity index (χ0) is 13.9. The lowest BCUT2D eigenvalue weighted by molar-refractivity contribution is -0.142. The van der Waals surface area contributed by atoms with E-state index in [1.165, 1.54) is 24.7 Å². The highest BCUT2D eigenvalue weighted by Crippen LogP contribution is 2.20. The van der Waals surface area contributed by atoms with Crippen LogP contribution in [0.15, 0.2) is 45.8 Å². The van der Waals surface area contributed by atoms with Crippen LogP contribution < -0.4 is 0 Å². The highest BCUT2D eigenvalue weighted by atomic mass is 19.4. The van der Waals surface area contributed by atoms with E-state index in [2.05, 4.69) is 0 Å². The average Bonchev–Trinajstić information content (AvgIpc) is 2.98. The maximum atomic E-state index is 12.5. The fraction of sp³-hybridized carbons (Fsp3) is 0.250. The van der Waals surface area contributed by atoms with Gasteiger partial charge >= 0.3 is 6.18 Å². The number of hydrogen-bond acceptors (Lipinski definition) is 3. The minimum Gasteiger partial charge on any atom is -0.472 e. The van der Waals surface area contributed by atoms with Crippen LogP contribution in [-0.2, 0) is 6.54 Å². The molecule has 102 valence electrons. The van der Waals surface area contributed by atoms with E-state index >= 15 is 0 Å². The van der Waals surface area contributed by atoms with E-state index < -0.39 is 18.6 Å². The summed E-state index contributed by atoms with van der Waals surface area (Å²) in [5, 5.41) is 0. The Balaban J connectivity index is 2.16. The lowest BCUT2D eigenvalue weighted by atomic mass is 10.2. The molecule has 0 bridgehead atoms. The molecule has 7 heteroatoms. The Bertz CT molecular complexity index is 517. The van der Waals surface area contributed by atoms with Crippen LogP contribution in [0.5, 0.6) is 0 Å². The molecule has 2 aromatic rings. The van der Waals surface area contributed by atoms with E-state index in [9.17, 15) is 18.0 Å². The van der Waals surface area contributed by atoms with Crippen molar-refractivity contribution in [2.45, 2.75) is 12.7 Å². The topological polar surface area (TPSA) is 46.6 Å². The molecule has 0 fully saturated rings. The molecule has 0 aromatic carbocycles. The van der Waals surface area contributed by atoms with Crippen molar-refractivity contribution in [3.63, 3.8) is 0 Å². The molecular formula is C12H10F3NO3. The molecule has 0 atom stereocenters. The van der Waals surface area contributed by atoms with Crippen LogP contribution in [0.25, 0.3) is 0 Å². The van der Waals surface area contributed by atoms with Crippen molar-refractivity contribution >= 4 is 5.91 Å². The summed E-state index contributed by atoms with van der Waals surface area (Å²) in [4.78, 5) is 12.6. The Kier molecular flexibility index (Phi) is 3.64. The average molecular weight is 273 g/mol. The monoisotopic (exact) mass is 273 g/mol. The van der Waals surface area contributed by atoms with Crippen molar-refractivity contribution in [1.82, 2.24) is 4.90 Å². The van der Waals surface area contributed by atoms with Gasteiger partial charge in [0.15, 0.2) is 0 Å². The van der Waals surface area contributed by atoms with Gasteiger partial charge in [-0.3, -0.25) is 4.79 Å². The number of amides is 1. The predicted molar refractivity (Wildman–Crippen MR) is 58.2 cm³/mol. The molecule has 0 saturated heterocycles. The third kappa shape index (κ3) is 3.64. The molecule has 0 unspecified atom stereocenters. The summed E-state index contributed by atoms with van der Waals surface area (Å²) in [7, 11) is 0. The van der Waals surface area contributed by atoms with Crippen LogP contribution in [0, 0.1) is 0 Å². The van der Waals surface area contributed by atoms with Gasteiger partial charge in [0.1, 0.15) is 18.6 Å². The molecule has 0 radical (unpaired) electrons. The first-order valence-corrected chi connectivity index (χ1v) is 5.36. The minimum absolute atomic E-state index is 0.0656. The Hall–Kier alpha value is -2.18. The molecule has 0 saturated carbocycles. The summed E-state index contributed by atoms with van der Waals surface area (Å²) < 4.78 is 47.1. The van der Waals surface area contributed by atoms with Crippen molar-refractivity contribution in [2.75, 3.05) is 6.54 Å². The first-order valence-electron chi connectivity index (χ1n) is 5.36. The number of hydrogen-bond donors (Lipinski definition) is 0. The summed E-state index contributed by atoms with van der Waals surface area (Å²) in [6.07, 6.45) is -0.810. The largest absolute Gasteiger partial charge is 0.472 e. The fourth-order valence-electron chi connectivity index (χ4n) is 1.58. The second-order valence-electron chi connectivity index (χ2n) is 3.87. The van der Waals surface area contributed by atoms with Gasteiger partial charge in [-0.1, -0.05) is 0 Å². The molecule has 0 aliphatic heterocycles. The van der Waals surface area contributed by atoms with E-state index in [0.717, 1.165) is 6.26 Å². The van der Waals surface area contributed by atoms with Crippen molar-refractivity contribution in [3.8, 4) is 0 Å². The van der Waals surface area contributed by atoms with Crippen molar-refractivity contribution in [1.29, 1.82) is 0 Å². The molecule has 2 heterocycles. The van der Waals surface area contributed by atoms with Crippen LogP contribution in [0.1, 0.15) is 16.1 Å². The number of carbonyl (C=O) groups excluding carboxylic acids is 1. The number of alkyl halides is 3. The minimum atomic E-state index is -4.48. The summed E-state index contributed by atoms with van der Waals surface area (Å²) in [5.41, 5.74) is 0.0656. The van der Waals surface area contributed by atoms with E-state index in [4.69, 9.17) is 8.83 Å². The zero-order valence-corrected chi connectivity index (χ0v) is 9.68. The smallest absolute Gasteiger partial charge is 0.406 e. The van der Waals surface area contributed by atoms with Gasteiger partial charge in [0.2, 0.25) is 0 Å². The lowest BCUT2D eigenvalue weighted by Crippen LogP contribution is -2.38. The van der Waals surface area contributed by atoms with Gasteiger partial charge in [-0.05, 0) is 18.2 Å². The number of carbonyl (C=O) groups is 1. The summed E-state index contributed by atoms with van der Waals surface area (Å²) in [5.74, 6) is -0.483. The first-order chi connectivity index (χ1) is 8.96. The van der Waals surface area contributed by atoms with Crippen LogP contribution in [0.4, 0.5) is 13.2 Å². The van der Waals surface area contributed by atoms with Gasteiger partial charge < -0.3 is 13.7 Å². The van der Waals surface area contributed by atoms with Gasteiger partial charge in [0.25, 0.3) is 5.91 Å². The number of halogens is 3.